The van der Waals surface area contributed by atoms with Crippen molar-refractivity contribution in [1.82, 2.24) is 0 Å². The van der Waals surface area contributed by atoms with Gasteiger partial charge < -0.3 is 0 Å². The summed E-state index contributed by atoms with van der Waals surface area (Å²) in [5.41, 5.74) is 0.925. The van der Waals surface area contributed by atoms with Crippen LogP contribution in [0.2, 0.25) is 0 Å². The third kappa shape index (κ3) is 4.09. The van der Waals surface area contributed by atoms with Crippen molar-refractivity contribution < 1.29 is 0 Å². The van der Waals surface area contributed by atoms with E-state index in [1.54, 1.807) is 0 Å². The normalized spacial score (nSPS) is 11.6. The minimum absolute atomic E-state index is 0.446. The van der Waals surface area contributed by atoms with Gasteiger partial charge in [0.1, 0.15) is 0 Å². The average Bonchev–Trinajstić information content (AvgIpc) is 1.90. The number of terminal acetylenes is 1. The summed E-state index contributed by atoms with van der Waals surface area (Å²) in [5, 5.41) is 0. The summed E-state index contributed by atoms with van der Waals surface area (Å²) in [4.78, 5) is 0. The van der Waals surface area contributed by atoms with Crippen LogP contribution in [-0.4, -0.2) is 0 Å². The van der Waals surface area contributed by atoms with Gasteiger partial charge in [0.05, 0.1) is 0 Å². The predicted molar refractivity (Wildman–Crippen MR) is 53.4 cm³/mol. The topological polar surface area (TPSA) is 0 Å². The van der Waals surface area contributed by atoms with Crippen LogP contribution in [0.15, 0.2) is 0 Å². The van der Waals surface area contributed by atoms with Crippen molar-refractivity contribution in [2.75, 3.05) is 0 Å². The molecule has 0 aromatic rings. The fraction of sp³-hybridized carbons (Fsp3) is 0.818. The summed E-state index contributed by atoms with van der Waals surface area (Å²) in [6.07, 6.45) is 9.26. The molecule has 0 heteroatoms. The zero-order chi connectivity index (χ0) is 9.71. The van der Waals surface area contributed by atoms with Gasteiger partial charge in [-0.15, -0.1) is 12.8 Å². The lowest BCUT2D eigenvalue weighted by molar-refractivity contribution is 0.126. The summed E-state index contributed by atoms with van der Waals surface area (Å²) in [6.45, 7) is 13.8. The van der Waals surface area contributed by atoms with Crippen LogP contribution in [0.5, 0.6) is 0 Å². The van der Waals surface area contributed by atoms with Gasteiger partial charge in [0.25, 0.3) is 0 Å². The van der Waals surface area contributed by atoms with Crippen LogP contribution in [-0.2, 0) is 0 Å². The molecular formula is C11H22. The Hall–Kier alpha value is -0.440. The molecule has 0 nitrogen and oxygen atoms in total. The second-order valence-electron chi connectivity index (χ2n) is 4.49. The van der Waals surface area contributed by atoms with Crippen molar-refractivity contribution in [3.8, 4) is 12.8 Å². The number of hydrogen-bond acceptors (Lipinski definition) is 0. The summed E-state index contributed by atoms with van der Waals surface area (Å²) in [7, 11) is 0. The maximum atomic E-state index is 4.00. The molecule has 0 radical (unpaired) electrons. The van der Waals surface area contributed by atoms with E-state index in [1.807, 2.05) is 0 Å². The van der Waals surface area contributed by atoms with Crippen LogP contribution in [0.25, 0.3) is 0 Å². The van der Waals surface area contributed by atoms with Crippen molar-refractivity contribution in [3.05, 3.63) is 0 Å². The van der Waals surface area contributed by atoms with E-state index in [1.165, 1.54) is 6.42 Å². The molecule has 0 saturated carbocycles. The highest BCUT2D eigenvalue weighted by molar-refractivity contribution is 4.80. The minimum Gasteiger partial charge on any atom is -0.124 e. The van der Waals surface area contributed by atoms with Crippen molar-refractivity contribution in [3.63, 3.8) is 0 Å². The molecule has 0 aliphatic heterocycles. The summed E-state index contributed by atoms with van der Waals surface area (Å²) in [6, 6.07) is 0. The Balaban J connectivity index is 0. The van der Waals surface area contributed by atoms with Crippen molar-refractivity contribution in [2.24, 2.45) is 10.8 Å². The SMILES string of the molecule is C#C.CCC(C)(C)C(C)(C)C. The lowest BCUT2D eigenvalue weighted by atomic mass is 9.68. The first-order valence-corrected chi connectivity index (χ1v) is 4.14. The first-order chi connectivity index (χ1) is 4.81. The summed E-state index contributed by atoms with van der Waals surface area (Å²) in [5.74, 6) is 0. The Morgan fingerprint density at radius 1 is 0.909 bits per heavy atom. The Bertz CT molecular complexity index is 110. The van der Waals surface area contributed by atoms with Gasteiger partial charge in [0, 0.05) is 0 Å². The van der Waals surface area contributed by atoms with Gasteiger partial charge in [-0.05, 0) is 10.8 Å². The molecule has 0 atom stereocenters. The van der Waals surface area contributed by atoms with E-state index >= 15 is 0 Å². The minimum atomic E-state index is 0.446. The monoisotopic (exact) mass is 154 g/mol. The lowest BCUT2D eigenvalue weighted by Crippen LogP contribution is -2.28. The van der Waals surface area contributed by atoms with Gasteiger partial charge >= 0.3 is 0 Å². The summed E-state index contributed by atoms with van der Waals surface area (Å²) >= 11 is 0. The van der Waals surface area contributed by atoms with Crippen LogP contribution in [0.3, 0.4) is 0 Å². The van der Waals surface area contributed by atoms with Crippen molar-refractivity contribution in [1.29, 1.82) is 0 Å². The smallest absolute Gasteiger partial charge is 0.0308 e. The first kappa shape index (κ1) is 13.2. The zero-order valence-electron chi connectivity index (χ0n) is 8.86. The third-order valence-electron chi connectivity index (χ3n) is 2.91. The molecule has 0 rings (SSSR count). The molecule has 0 spiro atoms. The van der Waals surface area contributed by atoms with Crippen LogP contribution < -0.4 is 0 Å². The molecule has 66 valence electrons. The molecule has 0 aliphatic carbocycles. The average molecular weight is 154 g/mol. The van der Waals surface area contributed by atoms with E-state index in [9.17, 15) is 0 Å². The standard InChI is InChI=1S/C9H20.C2H2/c1-7-9(5,6)8(2,3)4;1-2/h7H2,1-6H3;1-2H. The molecule has 0 aromatic heterocycles. The molecule has 0 aliphatic rings. The summed E-state index contributed by atoms with van der Waals surface area (Å²) < 4.78 is 0. The van der Waals surface area contributed by atoms with E-state index < -0.39 is 0 Å². The Morgan fingerprint density at radius 3 is 1.18 bits per heavy atom. The molecule has 0 fully saturated rings. The predicted octanol–water partition coefficient (Wildman–Crippen LogP) is 3.72. The van der Waals surface area contributed by atoms with Crippen LogP contribution in [0.4, 0.5) is 0 Å². The first-order valence-electron chi connectivity index (χ1n) is 4.14. The Kier molecular flexibility index (Phi) is 5.32. The highest BCUT2D eigenvalue weighted by atomic mass is 14.3. The van der Waals surface area contributed by atoms with E-state index in [0.717, 1.165) is 0 Å². The number of hydrogen-bond donors (Lipinski definition) is 0. The third-order valence-corrected chi connectivity index (χ3v) is 2.91. The quantitative estimate of drug-likeness (QED) is 0.505. The van der Waals surface area contributed by atoms with Crippen molar-refractivity contribution >= 4 is 0 Å². The molecule has 0 amide bonds. The van der Waals surface area contributed by atoms with E-state index in [-0.39, 0.29) is 0 Å². The highest BCUT2D eigenvalue weighted by Gasteiger charge is 2.30. The second-order valence-corrected chi connectivity index (χ2v) is 4.49. The fourth-order valence-corrected chi connectivity index (χ4v) is 0.530. The van der Waals surface area contributed by atoms with E-state index in [4.69, 9.17) is 0 Å². The van der Waals surface area contributed by atoms with Gasteiger partial charge in [-0.25, -0.2) is 0 Å². The Morgan fingerprint density at radius 2 is 1.18 bits per heavy atom. The molecule has 11 heavy (non-hydrogen) atoms. The maximum Gasteiger partial charge on any atom is -0.0308 e. The largest absolute Gasteiger partial charge is 0.124 e. The molecule has 0 heterocycles. The van der Waals surface area contributed by atoms with Crippen LogP contribution in [0.1, 0.15) is 48.0 Å². The molecule has 0 unspecified atom stereocenters. The molecule has 0 aromatic carbocycles. The van der Waals surface area contributed by atoms with Crippen LogP contribution in [0, 0.1) is 23.7 Å². The molecule has 0 saturated heterocycles. The molecule has 0 N–H and O–H groups in total. The fourth-order valence-electron chi connectivity index (χ4n) is 0.530. The van der Waals surface area contributed by atoms with Gasteiger partial charge in [-0.3, -0.25) is 0 Å². The van der Waals surface area contributed by atoms with Gasteiger partial charge in [-0.1, -0.05) is 48.0 Å². The van der Waals surface area contributed by atoms with Gasteiger partial charge in [0.2, 0.25) is 0 Å². The molecular weight excluding hydrogens is 132 g/mol. The van der Waals surface area contributed by atoms with E-state index in [0.29, 0.717) is 10.8 Å². The van der Waals surface area contributed by atoms with Gasteiger partial charge in [0.15, 0.2) is 0 Å². The lowest BCUT2D eigenvalue weighted by Gasteiger charge is -2.37. The second kappa shape index (κ2) is 4.44. The van der Waals surface area contributed by atoms with E-state index in [2.05, 4.69) is 54.4 Å². The van der Waals surface area contributed by atoms with Crippen molar-refractivity contribution in [2.45, 2.75) is 48.0 Å². The van der Waals surface area contributed by atoms with Gasteiger partial charge in [-0.2, -0.15) is 0 Å². The molecule has 0 bridgehead atoms. The van der Waals surface area contributed by atoms with Crippen LogP contribution >= 0.6 is 0 Å². The number of rotatable bonds is 1. The Labute approximate surface area is 72.4 Å². The highest BCUT2D eigenvalue weighted by Crippen LogP contribution is 2.40. The maximum absolute atomic E-state index is 4.00. The zero-order valence-corrected chi connectivity index (χ0v) is 8.86.